The van der Waals surface area contributed by atoms with Crippen LogP contribution in [0.1, 0.15) is 37.4 Å². The summed E-state index contributed by atoms with van der Waals surface area (Å²) < 4.78 is 4.95. The van der Waals surface area contributed by atoms with Crippen molar-refractivity contribution in [3.05, 3.63) is 35.4 Å². The molecule has 3 heteroatoms. The van der Waals surface area contributed by atoms with Gasteiger partial charge >= 0.3 is 0 Å². The van der Waals surface area contributed by atoms with Crippen LogP contribution in [0.15, 0.2) is 24.3 Å². The number of aliphatic hydroxyl groups excluding tert-OH is 1. The van der Waals surface area contributed by atoms with E-state index in [4.69, 9.17) is 4.74 Å². The van der Waals surface area contributed by atoms with E-state index in [0.717, 1.165) is 19.4 Å². The predicted octanol–water partition coefficient (Wildman–Crippen LogP) is 2.30. The molecule has 3 nitrogen and oxygen atoms in total. The first-order chi connectivity index (χ1) is 9.04. The lowest BCUT2D eigenvalue weighted by molar-refractivity contribution is 0.0580. The fraction of sp³-hybridized carbons (Fsp3) is 0.625. The van der Waals surface area contributed by atoms with Gasteiger partial charge in [0, 0.05) is 13.2 Å². The highest BCUT2D eigenvalue weighted by atomic mass is 16.5. The summed E-state index contributed by atoms with van der Waals surface area (Å²) in [7, 11) is 1.62. The normalized spacial score (nSPS) is 22.2. The van der Waals surface area contributed by atoms with Crippen molar-refractivity contribution in [3.63, 3.8) is 0 Å². The van der Waals surface area contributed by atoms with Crippen LogP contribution < -0.4 is 5.32 Å². The van der Waals surface area contributed by atoms with E-state index >= 15 is 0 Å². The fourth-order valence-corrected chi connectivity index (χ4v) is 3.05. The van der Waals surface area contributed by atoms with Crippen LogP contribution in [0.5, 0.6) is 0 Å². The van der Waals surface area contributed by atoms with E-state index in [1.54, 1.807) is 7.11 Å². The zero-order chi connectivity index (χ0) is 13.9. The highest BCUT2D eigenvalue weighted by Gasteiger charge is 2.38. The third-order valence-corrected chi connectivity index (χ3v) is 3.98. The Morgan fingerprint density at radius 1 is 1.42 bits per heavy atom. The van der Waals surface area contributed by atoms with Crippen LogP contribution in [0.3, 0.4) is 0 Å². The lowest BCUT2D eigenvalue weighted by Gasteiger charge is -2.29. The van der Waals surface area contributed by atoms with Crippen LogP contribution in [0.2, 0.25) is 0 Å². The third kappa shape index (κ3) is 3.35. The summed E-state index contributed by atoms with van der Waals surface area (Å²) in [6.45, 7) is 5.83. The molecular weight excluding hydrogens is 238 g/mol. The van der Waals surface area contributed by atoms with Crippen LogP contribution in [0.25, 0.3) is 0 Å². The van der Waals surface area contributed by atoms with Gasteiger partial charge < -0.3 is 15.2 Å². The highest BCUT2D eigenvalue weighted by molar-refractivity contribution is 5.37. The molecular formula is C16H25NO2. The Hall–Kier alpha value is -0.900. The molecule has 1 aromatic rings. The molecule has 0 heterocycles. The number of hydrogen-bond acceptors (Lipinski definition) is 3. The second-order valence-corrected chi connectivity index (χ2v) is 6.15. The van der Waals surface area contributed by atoms with Crippen LogP contribution in [-0.2, 0) is 11.2 Å². The summed E-state index contributed by atoms with van der Waals surface area (Å²) in [5.41, 5.74) is 3.09. The number of ether oxygens (including phenoxy) is 1. The zero-order valence-electron chi connectivity index (χ0n) is 12.1. The van der Waals surface area contributed by atoms with Crippen molar-refractivity contribution in [2.75, 3.05) is 20.3 Å². The molecule has 0 saturated carbocycles. The minimum Gasteiger partial charge on any atom is -0.391 e. The average Bonchev–Trinajstić information content (AvgIpc) is 2.60. The number of fused-ring (bicyclic) bond motifs is 1. The van der Waals surface area contributed by atoms with Gasteiger partial charge in [-0.3, -0.25) is 0 Å². The van der Waals surface area contributed by atoms with Crippen LogP contribution in [-0.4, -0.2) is 31.5 Å². The summed E-state index contributed by atoms with van der Waals surface area (Å²) in [6.07, 6.45) is 1.46. The number of nitrogens with one attached hydrogen (secondary N) is 1. The largest absolute Gasteiger partial charge is 0.391 e. The molecule has 106 valence electrons. The van der Waals surface area contributed by atoms with Crippen molar-refractivity contribution in [2.24, 2.45) is 5.41 Å². The van der Waals surface area contributed by atoms with Gasteiger partial charge in [0.25, 0.3) is 0 Å². The minimum atomic E-state index is -0.378. The van der Waals surface area contributed by atoms with Gasteiger partial charge in [-0.1, -0.05) is 38.1 Å². The molecule has 2 unspecified atom stereocenters. The van der Waals surface area contributed by atoms with Gasteiger partial charge in [0.1, 0.15) is 0 Å². The number of benzene rings is 1. The van der Waals surface area contributed by atoms with Gasteiger partial charge in [-0.15, -0.1) is 0 Å². The van der Waals surface area contributed by atoms with Crippen molar-refractivity contribution < 1.29 is 9.84 Å². The van der Waals surface area contributed by atoms with E-state index in [0.29, 0.717) is 12.6 Å². The average molecular weight is 263 g/mol. The summed E-state index contributed by atoms with van der Waals surface area (Å²) in [5, 5.41) is 13.3. The molecule has 1 aliphatic rings. The molecule has 0 aliphatic heterocycles. The maximum atomic E-state index is 9.68. The Kier molecular flexibility index (Phi) is 4.61. The van der Waals surface area contributed by atoms with E-state index in [1.165, 1.54) is 11.1 Å². The molecule has 1 aliphatic carbocycles. The molecule has 0 amide bonds. The Balaban J connectivity index is 1.95. The molecule has 2 N–H and O–H groups in total. The molecule has 19 heavy (non-hydrogen) atoms. The molecule has 2 rings (SSSR count). The topological polar surface area (TPSA) is 41.5 Å². The Labute approximate surface area is 116 Å². The first-order valence-corrected chi connectivity index (χ1v) is 7.03. The second-order valence-electron chi connectivity index (χ2n) is 6.15. The van der Waals surface area contributed by atoms with Crippen LogP contribution in [0, 0.1) is 5.41 Å². The molecule has 0 spiro atoms. The smallest absolute Gasteiger partial charge is 0.0785 e. The Bertz CT molecular complexity index is 417. The van der Waals surface area contributed by atoms with Gasteiger partial charge in [0.15, 0.2) is 0 Å². The summed E-state index contributed by atoms with van der Waals surface area (Å²) in [4.78, 5) is 0. The third-order valence-electron chi connectivity index (χ3n) is 3.98. The van der Waals surface area contributed by atoms with Gasteiger partial charge in [-0.2, -0.15) is 0 Å². The fourth-order valence-electron chi connectivity index (χ4n) is 3.05. The van der Waals surface area contributed by atoms with E-state index < -0.39 is 0 Å². The first kappa shape index (κ1) is 14.5. The van der Waals surface area contributed by atoms with Crippen molar-refractivity contribution in [1.29, 1.82) is 0 Å². The Morgan fingerprint density at radius 3 is 2.89 bits per heavy atom. The van der Waals surface area contributed by atoms with Gasteiger partial charge in [0.05, 0.1) is 12.7 Å². The Morgan fingerprint density at radius 2 is 2.16 bits per heavy atom. The summed E-state index contributed by atoms with van der Waals surface area (Å²) >= 11 is 0. The van der Waals surface area contributed by atoms with Crippen molar-refractivity contribution >= 4 is 0 Å². The van der Waals surface area contributed by atoms with Crippen LogP contribution in [0.4, 0.5) is 0 Å². The van der Waals surface area contributed by atoms with E-state index in [-0.39, 0.29) is 11.5 Å². The maximum Gasteiger partial charge on any atom is 0.0785 e. The summed E-state index contributed by atoms with van der Waals surface area (Å²) in [6, 6.07) is 9.03. The van der Waals surface area contributed by atoms with E-state index in [1.807, 2.05) is 0 Å². The molecule has 0 fully saturated rings. The van der Waals surface area contributed by atoms with Crippen molar-refractivity contribution in [2.45, 2.75) is 38.8 Å². The molecule has 1 aromatic carbocycles. The highest BCUT2D eigenvalue weighted by Crippen LogP contribution is 2.44. The molecule has 0 bridgehead atoms. The zero-order valence-corrected chi connectivity index (χ0v) is 12.1. The van der Waals surface area contributed by atoms with Crippen LogP contribution >= 0.6 is 0 Å². The molecule has 0 aromatic heterocycles. The van der Waals surface area contributed by atoms with E-state index in [9.17, 15) is 5.11 Å². The minimum absolute atomic E-state index is 0.232. The second kappa shape index (κ2) is 6.04. The first-order valence-electron chi connectivity index (χ1n) is 7.03. The predicted molar refractivity (Wildman–Crippen MR) is 77.2 cm³/mol. The number of rotatable bonds is 6. The standard InChI is InChI=1S/C16H25NO2/c1-16(2)10-12-6-4-5-7-14(12)15(16)17-9-8-13(18)11-19-3/h4-7,13,15,17-18H,8-11H2,1-3H3. The number of methoxy groups -OCH3 is 1. The lowest BCUT2D eigenvalue weighted by atomic mass is 9.85. The molecule has 2 atom stereocenters. The van der Waals surface area contributed by atoms with Gasteiger partial charge in [-0.25, -0.2) is 0 Å². The lowest BCUT2D eigenvalue weighted by Crippen LogP contribution is -2.33. The van der Waals surface area contributed by atoms with Crippen molar-refractivity contribution in [1.82, 2.24) is 5.32 Å². The van der Waals surface area contributed by atoms with E-state index in [2.05, 4.69) is 43.4 Å². The van der Waals surface area contributed by atoms with Gasteiger partial charge in [-0.05, 0) is 35.9 Å². The maximum absolute atomic E-state index is 9.68. The van der Waals surface area contributed by atoms with Crippen molar-refractivity contribution in [3.8, 4) is 0 Å². The number of hydrogen-bond donors (Lipinski definition) is 2. The number of aliphatic hydroxyl groups is 1. The molecule has 0 saturated heterocycles. The molecule has 0 radical (unpaired) electrons. The monoisotopic (exact) mass is 263 g/mol. The SMILES string of the molecule is COCC(O)CCNC1c2ccccc2CC1(C)C. The quantitative estimate of drug-likeness (QED) is 0.827. The summed E-state index contributed by atoms with van der Waals surface area (Å²) in [5.74, 6) is 0. The van der Waals surface area contributed by atoms with Gasteiger partial charge in [0.2, 0.25) is 0 Å².